The molecular weight excluding hydrogens is 390 g/mol. The van der Waals surface area contributed by atoms with Crippen LogP contribution in [0.4, 0.5) is 0 Å². The van der Waals surface area contributed by atoms with E-state index in [4.69, 9.17) is 0 Å². The summed E-state index contributed by atoms with van der Waals surface area (Å²) in [5, 5.41) is 0. The van der Waals surface area contributed by atoms with Gasteiger partial charge < -0.3 is 4.90 Å². The molecule has 0 unspecified atom stereocenters. The van der Waals surface area contributed by atoms with Crippen LogP contribution in [-0.2, 0) is 17.8 Å². The van der Waals surface area contributed by atoms with Gasteiger partial charge in [-0.2, -0.15) is 0 Å². The molecule has 4 rings (SSSR count). The summed E-state index contributed by atoms with van der Waals surface area (Å²) in [6.07, 6.45) is 2.45. The van der Waals surface area contributed by atoms with Crippen LogP contribution >= 0.6 is 0 Å². The highest BCUT2D eigenvalue weighted by Crippen LogP contribution is 2.22. The number of benzene rings is 2. The Balaban J connectivity index is 1.43. The summed E-state index contributed by atoms with van der Waals surface area (Å²) in [4.78, 5) is 45.5. The normalized spacial score (nSPS) is 12.7. The maximum absolute atomic E-state index is 13.1. The Bertz CT molecular complexity index is 1050. The molecule has 3 amide bonds. The lowest BCUT2D eigenvalue weighted by Gasteiger charge is -2.24. The fourth-order valence-corrected chi connectivity index (χ4v) is 3.70. The summed E-state index contributed by atoms with van der Waals surface area (Å²) in [6.45, 7) is 1.04. The summed E-state index contributed by atoms with van der Waals surface area (Å²) in [5.41, 5.74) is 2.73. The van der Waals surface area contributed by atoms with E-state index >= 15 is 0 Å². The second-order valence-corrected chi connectivity index (χ2v) is 7.43. The first kappa shape index (κ1) is 20.5. The van der Waals surface area contributed by atoms with Crippen LogP contribution in [0.25, 0.3) is 0 Å². The molecule has 0 spiro atoms. The zero-order valence-electron chi connectivity index (χ0n) is 17.1. The Labute approximate surface area is 181 Å². The van der Waals surface area contributed by atoms with Gasteiger partial charge >= 0.3 is 0 Å². The standard InChI is InChI=1S/C25H23N3O3/c29-23(14-17-28-24(30)21-11-4-5-12-22(21)25(28)31)27(18-19-8-2-1-3-9-19)16-13-20-10-6-7-15-26-20/h1-12,15H,13-14,16-18H2. The number of carbonyl (C=O) groups is 3. The molecule has 1 aliphatic rings. The minimum absolute atomic E-state index is 0.0695. The van der Waals surface area contributed by atoms with E-state index in [1.54, 1.807) is 35.4 Å². The van der Waals surface area contributed by atoms with Gasteiger partial charge in [0.25, 0.3) is 11.8 Å². The van der Waals surface area contributed by atoms with Crippen molar-refractivity contribution in [1.82, 2.24) is 14.8 Å². The van der Waals surface area contributed by atoms with Gasteiger partial charge in [0.1, 0.15) is 0 Å². The van der Waals surface area contributed by atoms with Gasteiger partial charge in [0.2, 0.25) is 5.91 Å². The summed E-state index contributed by atoms with van der Waals surface area (Å²) < 4.78 is 0. The SMILES string of the molecule is O=C(CCN1C(=O)c2ccccc2C1=O)N(CCc1ccccn1)Cc1ccccc1. The molecule has 0 aliphatic carbocycles. The van der Waals surface area contributed by atoms with Crippen LogP contribution in [0.1, 0.15) is 38.4 Å². The van der Waals surface area contributed by atoms with Crippen molar-refractivity contribution in [2.24, 2.45) is 0 Å². The third-order valence-corrected chi connectivity index (χ3v) is 5.36. The summed E-state index contributed by atoms with van der Waals surface area (Å²) >= 11 is 0. The molecule has 0 saturated carbocycles. The topological polar surface area (TPSA) is 70.6 Å². The van der Waals surface area contributed by atoms with Crippen LogP contribution in [0.5, 0.6) is 0 Å². The molecule has 6 nitrogen and oxygen atoms in total. The lowest BCUT2D eigenvalue weighted by atomic mass is 10.1. The van der Waals surface area contributed by atoms with E-state index in [1.165, 1.54) is 4.90 Å². The van der Waals surface area contributed by atoms with Crippen molar-refractivity contribution in [3.05, 3.63) is 101 Å². The van der Waals surface area contributed by atoms with Gasteiger partial charge in [-0.05, 0) is 29.8 Å². The molecule has 31 heavy (non-hydrogen) atoms. The van der Waals surface area contributed by atoms with Crippen molar-refractivity contribution in [3.63, 3.8) is 0 Å². The van der Waals surface area contributed by atoms with Crippen LogP contribution in [0, 0.1) is 0 Å². The molecule has 0 radical (unpaired) electrons. The van der Waals surface area contributed by atoms with Crippen molar-refractivity contribution in [1.29, 1.82) is 0 Å². The number of hydrogen-bond acceptors (Lipinski definition) is 4. The van der Waals surface area contributed by atoms with Crippen molar-refractivity contribution >= 4 is 17.7 Å². The van der Waals surface area contributed by atoms with E-state index in [0.717, 1.165) is 11.3 Å². The predicted molar refractivity (Wildman–Crippen MR) is 116 cm³/mol. The van der Waals surface area contributed by atoms with Crippen LogP contribution in [0.2, 0.25) is 0 Å². The zero-order chi connectivity index (χ0) is 21.6. The molecule has 0 N–H and O–H groups in total. The highest BCUT2D eigenvalue weighted by molar-refractivity contribution is 6.21. The second-order valence-electron chi connectivity index (χ2n) is 7.43. The van der Waals surface area contributed by atoms with E-state index < -0.39 is 0 Å². The number of carbonyl (C=O) groups excluding carboxylic acids is 3. The molecule has 0 saturated heterocycles. The number of hydrogen-bond donors (Lipinski definition) is 0. The number of fused-ring (bicyclic) bond motifs is 1. The molecular formula is C25H23N3O3. The number of nitrogens with zero attached hydrogens (tertiary/aromatic N) is 3. The summed E-state index contributed by atoms with van der Waals surface area (Å²) in [6, 6.07) is 22.2. The van der Waals surface area contributed by atoms with Gasteiger partial charge in [-0.3, -0.25) is 24.3 Å². The quantitative estimate of drug-likeness (QED) is 0.531. The second kappa shape index (κ2) is 9.34. The number of imide groups is 1. The highest BCUT2D eigenvalue weighted by Gasteiger charge is 2.35. The first-order valence-corrected chi connectivity index (χ1v) is 10.3. The third-order valence-electron chi connectivity index (χ3n) is 5.36. The smallest absolute Gasteiger partial charge is 0.261 e. The molecule has 1 aliphatic heterocycles. The minimum Gasteiger partial charge on any atom is -0.338 e. The molecule has 2 heterocycles. The monoisotopic (exact) mass is 413 g/mol. The van der Waals surface area contributed by atoms with Crippen molar-refractivity contribution in [3.8, 4) is 0 Å². The van der Waals surface area contributed by atoms with Gasteiger partial charge in [-0.25, -0.2) is 0 Å². The van der Waals surface area contributed by atoms with E-state index in [2.05, 4.69) is 4.98 Å². The molecule has 156 valence electrons. The molecule has 2 aromatic carbocycles. The van der Waals surface area contributed by atoms with E-state index in [9.17, 15) is 14.4 Å². The Morgan fingerprint density at radius 3 is 2.13 bits per heavy atom. The molecule has 0 bridgehead atoms. The Morgan fingerprint density at radius 1 is 0.839 bits per heavy atom. The Hall–Kier alpha value is -3.80. The van der Waals surface area contributed by atoms with Gasteiger partial charge in [0.15, 0.2) is 0 Å². The third kappa shape index (κ3) is 4.69. The molecule has 6 heteroatoms. The van der Waals surface area contributed by atoms with Crippen LogP contribution in [0.3, 0.4) is 0 Å². The van der Waals surface area contributed by atoms with Crippen molar-refractivity contribution < 1.29 is 14.4 Å². The maximum Gasteiger partial charge on any atom is 0.261 e. The first-order valence-electron chi connectivity index (χ1n) is 10.3. The van der Waals surface area contributed by atoms with Crippen LogP contribution in [0.15, 0.2) is 79.0 Å². The van der Waals surface area contributed by atoms with E-state index in [1.807, 2.05) is 48.5 Å². The predicted octanol–water partition coefficient (Wildman–Crippen LogP) is 3.34. The fraction of sp³-hybridized carbons (Fsp3) is 0.200. The Morgan fingerprint density at radius 2 is 1.48 bits per heavy atom. The van der Waals surface area contributed by atoms with Crippen LogP contribution in [-0.4, -0.2) is 45.6 Å². The zero-order valence-corrected chi connectivity index (χ0v) is 17.1. The van der Waals surface area contributed by atoms with Crippen molar-refractivity contribution in [2.75, 3.05) is 13.1 Å². The summed E-state index contributed by atoms with van der Waals surface area (Å²) in [5.74, 6) is -0.774. The number of amides is 3. The van der Waals surface area contributed by atoms with Gasteiger partial charge in [0.05, 0.1) is 11.1 Å². The molecule has 3 aromatic rings. The van der Waals surface area contributed by atoms with E-state index in [0.29, 0.717) is 30.6 Å². The van der Waals surface area contributed by atoms with E-state index in [-0.39, 0.29) is 30.7 Å². The molecule has 0 atom stereocenters. The molecule has 1 aromatic heterocycles. The number of rotatable bonds is 8. The largest absolute Gasteiger partial charge is 0.338 e. The lowest BCUT2D eigenvalue weighted by Crippen LogP contribution is -2.37. The van der Waals surface area contributed by atoms with Gasteiger partial charge in [0, 0.05) is 44.4 Å². The van der Waals surface area contributed by atoms with Crippen LogP contribution < -0.4 is 0 Å². The Kier molecular flexibility index (Phi) is 6.17. The average molecular weight is 413 g/mol. The summed E-state index contributed by atoms with van der Waals surface area (Å²) in [7, 11) is 0. The van der Waals surface area contributed by atoms with Crippen molar-refractivity contribution in [2.45, 2.75) is 19.4 Å². The first-order chi connectivity index (χ1) is 15.1. The number of pyridine rings is 1. The lowest BCUT2D eigenvalue weighted by molar-refractivity contribution is -0.131. The van der Waals surface area contributed by atoms with Gasteiger partial charge in [-0.1, -0.05) is 48.5 Å². The highest BCUT2D eigenvalue weighted by atomic mass is 16.2. The fourth-order valence-electron chi connectivity index (χ4n) is 3.70. The number of aromatic nitrogens is 1. The minimum atomic E-state index is -0.337. The maximum atomic E-state index is 13.1. The average Bonchev–Trinajstić information content (AvgIpc) is 3.06. The molecule has 0 fully saturated rings. The van der Waals surface area contributed by atoms with Gasteiger partial charge in [-0.15, -0.1) is 0 Å².